The van der Waals surface area contributed by atoms with Gasteiger partial charge in [0.15, 0.2) is 5.82 Å². The van der Waals surface area contributed by atoms with Gasteiger partial charge in [0.25, 0.3) is 5.56 Å². The van der Waals surface area contributed by atoms with Gasteiger partial charge in [0.2, 0.25) is 5.91 Å². The van der Waals surface area contributed by atoms with E-state index in [2.05, 4.69) is 15.1 Å². The molecule has 0 N–H and O–H groups in total. The number of likely N-dealkylation sites (tertiary alicyclic amines) is 2. The quantitative estimate of drug-likeness (QED) is 0.788. The van der Waals surface area contributed by atoms with Crippen molar-refractivity contribution in [3.63, 3.8) is 0 Å². The standard InChI is InChI=1S/C19H26N6O2/c1-13-9-14(2)25(20-13)17-6-7-18(26)24(21-17)12-15-10-23(11-15)16-5-4-8-22(3)19(16)27/h6-7,9,15-16H,4-5,8,10-12H2,1-3H3. The Balaban J connectivity index is 1.44. The molecule has 0 aromatic carbocycles. The number of rotatable bonds is 4. The molecule has 144 valence electrons. The zero-order chi connectivity index (χ0) is 19.1. The van der Waals surface area contributed by atoms with Crippen molar-refractivity contribution in [3.05, 3.63) is 39.9 Å². The first-order chi connectivity index (χ1) is 12.9. The van der Waals surface area contributed by atoms with E-state index in [9.17, 15) is 9.59 Å². The van der Waals surface area contributed by atoms with Gasteiger partial charge >= 0.3 is 0 Å². The summed E-state index contributed by atoms with van der Waals surface area (Å²) in [7, 11) is 1.87. The van der Waals surface area contributed by atoms with Gasteiger partial charge in [-0.1, -0.05) is 0 Å². The molecule has 2 fully saturated rings. The highest BCUT2D eigenvalue weighted by Gasteiger charge is 2.38. The third-order valence-electron chi connectivity index (χ3n) is 5.57. The number of hydrogen-bond donors (Lipinski definition) is 0. The second kappa shape index (κ2) is 6.92. The lowest BCUT2D eigenvalue weighted by Crippen LogP contribution is -2.60. The molecule has 27 heavy (non-hydrogen) atoms. The number of piperidine rings is 1. The van der Waals surface area contributed by atoms with E-state index in [1.807, 2.05) is 31.9 Å². The van der Waals surface area contributed by atoms with Crippen LogP contribution in [0.15, 0.2) is 23.0 Å². The van der Waals surface area contributed by atoms with Crippen LogP contribution in [-0.2, 0) is 11.3 Å². The van der Waals surface area contributed by atoms with Crippen molar-refractivity contribution in [1.82, 2.24) is 29.4 Å². The number of amides is 1. The summed E-state index contributed by atoms with van der Waals surface area (Å²) in [6.07, 6.45) is 1.99. The topological polar surface area (TPSA) is 76.3 Å². The average Bonchev–Trinajstić information content (AvgIpc) is 2.93. The van der Waals surface area contributed by atoms with Crippen molar-refractivity contribution in [2.24, 2.45) is 5.92 Å². The predicted octanol–water partition coefficient (Wildman–Crippen LogP) is 0.598. The summed E-state index contributed by atoms with van der Waals surface area (Å²) in [6, 6.07) is 5.25. The van der Waals surface area contributed by atoms with Crippen LogP contribution < -0.4 is 5.56 Å². The fourth-order valence-corrected chi connectivity index (χ4v) is 4.12. The van der Waals surface area contributed by atoms with E-state index in [1.54, 1.807) is 16.8 Å². The fraction of sp³-hybridized carbons (Fsp3) is 0.579. The molecule has 0 bridgehead atoms. The summed E-state index contributed by atoms with van der Waals surface area (Å²) in [4.78, 5) is 28.6. The third kappa shape index (κ3) is 3.41. The Morgan fingerprint density at radius 1 is 1.15 bits per heavy atom. The highest BCUT2D eigenvalue weighted by Crippen LogP contribution is 2.25. The second-order valence-electron chi connectivity index (χ2n) is 7.79. The number of carbonyl (C=O) groups excluding carboxylic acids is 1. The molecule has 1 atom stereocenters. The molecule has 1 unspecified atom stereocenters. The van der Waals surface area contributed by atoms with Crippen molar-refractivity contribution in [3.8, 4) is 5.82 Å². The van der Waals surface area contributed by atoms with Gasteiger partial charge in [-0.25, -0.2) is 9.36 Å². The fourth-order valence-electron chi connectivity index (χ4n) is 4.12. The normalized spacial score (nSPS) is 21.5. The number of aromatic nitrogens is 4. The smallest absolute Gasteiger partial charge is 0.266 e. The summed E-state index contributed by atoms with van der Waals surface area (Å²) in [6.45, 7) is 7.00. The lowest BCUT2D eigenvalue weighted by Gasteiger charge is -2.46. The van der Waals surface area contributed by atoms with Gasteiger partial charge in [-0.2, -0.15) is 5.10 Å². The molecule has 2 saturated heterocycles. The predicted molar refractivity (Wildman–Crippen MR) is 101 cm³/mol. The molecule has 1 amide bonds. The first-order valence-corrected chi connectivity index (χ1v) is 9.53. The maximum atomic E-state index is 12.3. The van der Waals surface area contributed by atoms with Crippen molar-refractivity contribution >= 4 is 5.91 Å². The van der Waals surface area contributed by atoms with E-state index in [0.717, 1.165) is 43.9 Å². The van der Waals surface area contributed by atoms with E-state index in [4.69, 9.17) is 0 Å². The molecule has 0 saturated carbocycles. The third-order valence-corrected chi connectivity index (χ3v) is 5.57. The zero-order valence-corrected chi connectivity index (χ0v) is 16.1. The molecule has 4 rings (SSSR count). The van der Waals surface area contributed by atoms with Crippen molar-refractivity contribution < 1.29 is 4.79 Å². The van der Waals surface area contributed by atoms with Crippen LogP contribution in [-0.4, -0.2) is 68.0 Å². The Bertz CT molecular complexity index is 911. The van der Waals surface area contributed by atoms with E-state index in [-0.39, 0.29) is 17.5 Å². The molecule has 2 aromatic rings. The van der Waals surface area contributed by atoms with E-state index in [0.29, 0.717) is 18.3 Å². The molecule has 2 aromatic heterocycles. The SMILES string of the molecule is Cc1cc(C)n(-c2ccc(=O)n(CC3CN(C4CCCN(C)C4=O)C3)n2)n1. The Labute approximate surface area is 158 Å². The summed E-state index contributed by atoms with van der Waals surface area (Å²) in [5, 5.41) is 8.96. The number of likely N-dealkylation sites (N-methyl/N-ethyl adjacent to an activating group) is 1. The van der Waals surface area contributed by atoms with Gasteiger partial charge < -0.3 is 4.90 Å². The summed E-state index contributed by atoms with van der Waals surface area (Å²) in [5.74, 6) is 1.22. The van der Waals surface area contributed by atoms with Crippen LogP contribution in [0.1, 0.15) is 24.2 Å². The Kier molecular flexibility index (Phi) is 4.59. The van der Waals surface area contributed by atoms with Crippen LogP contribution in [0.3, 0.4) is 0 Å². The number of aryl methyl sites for hydroxylation is 2. The zero-order valence-electron chi connectivity index (χ0n) is 16.1. The molecule has 2 aliphatic heterocycles. The highest BCUT2D eigenvalue weighted by molar-refractivity contribution is 5.82. The van der Waals surface area contributed by atoms with E-state index >= 15 is 0 Å². The van der Waals surface area contributed by atoms with E-state index < -0.39 is 0 Å². The van der Waals surface area contributed by atoms with Gasteiger partial charge in [0, 0.05) is 44.4 Å². The Morgan fingerprint density at radius 2 is 1.93 bits per heavy atom. The number of hydrogen-bond acceptors (Lipinski definition) is 5. The largest absolute Gasteiger partial charge is 0.344 e. The van der Waals surface area contributed by atoms with E-state index in [1.165, 1.54) is 4.68 Å². The monoisotopic (exact) mass is 370 g/mol. The highest BCUT2D eigenvalue weighted by atomic mass is 16.2. The van der Waals surface area contributed by atoms with Gasteiger partial charge in [0.05, 0.1) is 18.3 Å². The lowest BCUT2D eigenvalue weighted by molar-refractivity contribution is -0.142. The molecule has 4 heterocycles. The van der Waals surface area contributed by atoms with Crippen molar-refractivity contribution in [1.29, 1.82) is 0 Å². The molecule has 0 aliphatic carbocycles. The van der Waals surface area contributed by atoms with Crippen molar-refractivity contribution in [2.75, 3.05) is 26.7 Å². The maximum absolute atomic E-state index is 12.3. The number of nitrogens with zero attached hydrogens (tertiary/aromatic N) is 6. The van der Waals surface area contributed by atoms with Gasteiger partial charge in [0.1, 0.15) is 0 Å². The molecular weight excluding hydrogens is 344 g/mol. The summed E-state index contributed by atoms with van der Waals surface area (Å²) in [5.41, 5.74) is 1.80. The van der Waals surface area contributed by atoms with Crippen LogP contribution in [0.4, 0.5) is 0 Å². The molecule has 0 radical (unpaired) electrons. The van der Waals surface area contributed by atoms with Crippen molar-refractivity contribution in [2.45, 2.75) is 39.3 Å². The first-order valence-electron chi connectivity index (χ1n) is 9.53. The van der Waals surface area contributed by atoms with Gasteiger partial charge in [-0.3, -0.25) is 14.5 Å². The van der Waals surface area contributed by atoms with Gasteiger partial charge in [-0.05, 0) is 38.8 Å². The van der Waals surface area contributed by atoms with Crippen LogP contribution in [0.5, 0.6) is 0 Å². The number of carbonyl (C=O) groups is 1. The first kappa shape index (κ1) is 17.9. The Hall–Kier alpha value is -2.48. The molecular formula is C19H26N6O2. The minimum absolute atomic E-state index is 0.00529. The van der Waals surface area contributed by atoms with Crippen LogP contribution in [0, 0.1) is 19.8 Å². The second-order valence-corrected chi connectivity index (χ2v) is 7.79. The lowest BCUT2D eigenvalue weighted by atomic mass is 9.93. The molecule has 0 spiro atoms. The molecule has 2 aliphatic rings. The average molecular weight is 370 g/mol. The maximum Gasteiger partial charge on any atom is 0.266 e. The molecule has 8 heteroatoms. The molecule has 8 nitrogen and oxygen atoms in total. The van der Waals surface area contributed by atoms with Crippen LogP contribution in [0.25, 0.3) is 5.82 Å². The summed E-state index contributed by atoms with van der Waals surface area (Å²) < 4.78 is 3.29. The van der Waals surface area contributed by atoms with Gasteiger partial charge in [-0.15, -0.1) is 5.10 Å². The van der Waals surface area contributed by atoms with Crippen LogP contribution >= 0.6 is 0 Å². The minimum Gasteiger partial charge on any atom is -0.344 e. The minimum atomic E-state index is -0.104. The Morgan fingerprint density at radius 3 is 2.63 bits per heavy atom. The summed E-state index contributed by atoms with van der Waals surface area (Å²) >= 11 is 0. The van der Waals surface area contributed by atoms with Crippen LogP contribution in [0.2, 0.25) is 0 Å².